The van der Waals surface area contributed by atoms with E-state index in [0.29, 0.717) is 5.75 Å². The van der Waals surface area contributed by atoms with E-state index in [-0.39, 0.29) is 11.5 Å². The van der Waals surface area contributed by atoms with E-state index in [1.807, 2.05) is 0 Å². The van der Waals surface area contributed by atoms with Crippen molar-refractivity contribution in [1.29, 1.82) is 0 Å². The van der Waals surface area contributed by atoms with Gasteiger partial charge >= 0.3 is 5.69 Å². The summed E-state index contributed by atoms with van der Waals surface area (Å²) in [5.41, 5.74) is -0.457. The number of nitro groups is 1. The van der Waals surface area contributed by atoms with E-state index in [4.69, 9.17) is 9.47 Å². The largest absolute Gasteiger partial charge is 0.494 e. The zero-order valence-electron chi connectivity index (χ0n) is 10.3. The van der Waals surface area contributed by atoms with Crippen molar-refractivity contribution < 1.29 is 18.8 Å². The topological polar surface area (TPSA) is 61.6 Å². The molecule has 0 aliphatic heterocycles. The highest BCUT2D eigenvalue weighted by molar-refractivity contribution is 14.1. The van der Waals surface area contributed by atoms with E-state index in [9.17, 15) is 14.5 Å². The van der Waals surface area contributed by atoms with Crippen molar-refractivity contribution in [1.82, 2.24) is 0 Å². The summed E-state index contributed by atoms with van der Waals surface area (Å²) < 4.78 is 24.7. The van der Waals surface area contributed by atoms with Gasteiger partial charge < -0.3 is 9.47 Å². The maximum Gasteiger partial charge on any atom is 0.314 e. The molecule has 0 radical (unpaired) electrons. The van der Waals surface area contributed by atoms with Gasteiger partial charge in [-0.2, -0.15) is 0 Å². The van der Waals surface area contributed by atoms with Crippen LogP contribution in [0, 0.1) is 19.5 Å². The van der Waals surface area contributed by atoms with Crippen LogP contribution in [0.5, 0.6) is 17.2 Å². The second-order valence-corrected chi connectivity index (χ2v) is 5.01. The van der Waals surface area contributed by atoms with Crippen LogP contribution in [0.15, 0.2) is 36.4 Å². The fourth-order valence-corrected chi connectivity index (χ4v) is 1.89. The van der Waals surface area contributed by atoms with Crippen LogP contribution >= 0.6 is 22.6 Å². The standard InChI is InChI=1S/C13H9FINO4/c1-19-12-7-13(11(16(17)18)6-10(12)14)20-9-4-2-8(15)3-5-9/h2-7H,1H3. The summed E-state index contributed by atoms with van der Waals surface area (Å²) in [6, 6.07) is 8.86. The highest BCUT2D eigenvalue weighted by atomic mass is 127. The lowest BCUT2D eigenvalue weighted by Gasteiger charge is -2.09. The number of rotatable bonds is 4. The minimum Gasteiger partial charge on any atom is -0.494 e. The molecule has 0 saturated carbocycles. The lowest BCUT2D eigenvalue weighted by molar-refractivity contribution is -0.385. The van der Waals surface area contributed by atoms with Crippen LogP contribution in [-0.4, -0.2) is 12.0 Å². The average molecular weight is 389 g/mol. The van der Waals surface area contributed by atoms with Crippen LogP contribution in [0.25, 0.3) is 0 Å². The molecule has 2 aromatic carbocycles. The first-order chi connectivity index (χ1) is 9.51. The number of nitro benzene ring substituents is 1. The monoisotopic (exact) mass is 389 g/mol. The summed E-state index contributed by atoms with van der Waals surface area (Å²) in [7, 11) is 1.28. The third-order valence-corrected chi connectivity index (χ3v) is 3.19. The smallest absolute Gasteiger partial charge is 0.314 e. The van der Waals surface area contributed by atoms with E-state index < -0.39 is 16.4 Å². The van der Waals surface area contributed by atoms with Gasteiger partial charge in [0.05, 0.1) is 18.1 Å². The molecule has 0 fully saturated rings. The first-order valence-electron chi connectivity index (χ1n) is 5.46. The summed E-state index contributed by atoms with van der Waals surface area (Å²) in [5, 5.41) is 10.9. The van der Waals surface area contributed by atoms with Crippen molar-refractivity contribution in [3.8, 4) is 17.2 Å². The lowest BCUT2D eigenvalue weighted by Crippen LogP contribution is -1.97. The van der Waals surface area contributed by atoms with Gasteiger partial charge in [-0.25, -0.2) is 4.39 Å². The van der Waals surface area contributed by atoms with Gasteiger partial charge in [0.2, 0.25) is 5.75 Å². The molecule has 0 aliphatic carbocycles. The third kappa shape index (κ3) is 3.16. The van der Waals surface area contributed by atoms with Crippen molar-refractivity contribution >= 4 is 28.3 Å². The fourth-order valence-electron chi connectivity index (χ4n) is 1.53. The molecule has 0 heterocycles. The summed E-state index contributed by atoms with van der Waals surface area (Å²) in [4.78, 5) is 10.2. The molecule has 5 nitrogen and oxygen atoms in total. The van der Waals surface area contributed by atoms with Crippen molar-refractivity contribution in [2.24, 2.45) is 0 Å². The molecule has 0 bridgehead atoms. The van der Waals surface area contributed by atoms with Crippen LogP contribution in [0.1, 0.15) is 0 Å². The zero-order chi connectivity index (χ0) is 14.7. The summed E-state index contributed by atoms with van der Waals surface area (Å²) in [5.74, 6) is -0.582. The van der Waals surface area contributed by atoms with Crippen molar-refractivity contribution in [2.45, 2.75) is 0 Å². The summed E-state index contributed by atoms with van der Waals surface area (Å²) in [6.07, 6.45) is 0. The van der Waals surface area contributed by atoms with Gasteiger partial charge in [0.1, 0.15) is 5.75 Å². The molecule has 0 spiro atoms. The summed E-state index contributed by atoms with van der Waals surface area (Å²) in [6.45, 7) is 0. The summed E-state index contributed by atoms with van der Waals surface area (Å²) >= 11 is 2.13. The molecule has 2 rings (SSSR count). The van der Waals surface area contributed by atoms with Crippen LogP contribution < -0.4 is 9.47 Å². The van der Waals surface area contributed by atoms with Gasteiger partial charge in [0, 0.05) is 9.64 Å². The van der Waals surface area contributed by atoms with Crippen LogP contribution in [-0.2, 0) is 0 Å². The number of hydrogen-bond donors (Lipinski definition) is 0. The number of halogens is 2. The van der Waals surface area contributed by atoms with Gasteiger partial charge in [-0.15, -0.1) is 0 Å². The van der Waals surface area contributed by atoms with E-state index in [0.717, 1.165) is 15.7 Å². The molecule has 2 aromatic rings. The fraction of sp³-hybridized carbons (Fsp3) is 0.0769. The van der Waals surface area contributed by atoms with Crippen molar-refractivity contribution in [3.63, 3.8) is 0 Å². The molecule has 104 valence electrons. The normalized spacial score (nSPS) is 10.2. The Morgan fingerprint density at radius 3 is 2.40 bits per heavy atom. The Kier molecular flexibility index (Phi) is 4.38. The number of hydrogen-bond acceptors (Lipinski definition) is 4. The Labute approximate surface area is 127 Å². The number of benzene rings is 2. The molecule has 0 unspecified atom stereocenters. The van der Waals surface area contributed by atoms with E-state index in [1.54, 1.807) is 24.3 Å². The maximum atomic E-state index is 13.5. The quantitative estimate of drug-likeness (QED) is 0.448. The van der Waals surface area contributed by atoms with E-state index in [1.165, 1.54) is 7.11 Å². The SMILES string of the molecule is COc1cc(Oc2ccc(I)cc2)c([N+](=O)[O-])cc1F. The molecule has 0 N–H and O–H groups in total. The zero-order valence-corrected chi connectivity index (χ0v) is 12.5. The first kappa shape index (κ1) is 14.5. The molecule has 0 aliphatic rings. The Balaban J connectivity index is 2.43. The predicted octanol–water partition coefficient (Wildman–Crippen LogP) is 4.14. The third-order valence-electron chi connectivity index (χ3n) is 2.47. The van der Waals surface area contributed by atoms with Gasteiger partial charge in [-0.3, -0.25) is 10.1 Å². The van der Waals surface area contributed by atoms with Gasteiger partial charge in [0.15, 0.2) is 11.6 Å². The minimum absolute atomic E-state index is 0.0746. The number of ether oxygens (including phenoxy) is 2. The van der Waals surface area contributed by atoms with Crippen molar-refractivity contribution in [2.75, 3.05) is 7.11 Å². The van der Waals surface area contributed by atoms with E-state index in [2.05, 4.69) is 22.6 Å². The molecule has 0 amide bonds. The molecule has 7 heteroatoms. The van der Waals surface area contributed by atoms with Gasteiger partial charge in [-0.1, -0.05) is 0 Å². The maximum absolute atomic E-state index is 13.5. The van der Waals surface area contributed by atoms with Crippen molar-refractivity contribution in [3.05, 3.63) is 55.9 Å². The van der Waals surface area contributed by atoms with Gasteiger partial charge in [-0.05, 0) is 46.9 Å². The molecular weight excluding hydrogens is 380 g/mol. The molecule has 20 heavy (non-hydrogen) atoms. The highest BCUT2D eigenvalue weighted by Gasteiger charge is 2.21. The molecule has 0 aromatic heterocycles. The molecule has 0 saturated heterocycles. The Morgan fingerprint density at radius 1 is 1.20 bits per heavy atom. The Morgan fingerprint density at radius 2 is 1.85 bits per heavy atom. The second-order valence-electron chi connectivity index (χ2n) is 3.77. The number of nitrogens with zero attached hydrogens (tertiary/aromatic N) is 1. The Bertz CT molecular complexity index is 646. The van der Waals surface area contributed by atoms with Gasteiger partial charge in [0.25, 0.3) is 0 Å². The highest BCUT2D eigenvalue weighted by Crippen LogP contribution is 2.36. The number of methoxy groups -OCH3 is 1. The Hall–Kier alpha value is -1.90. The lowest BCUT2D eigenvalue weighted by atomic mass is 10.2. The predicted molar refractivity (Wildman–Crippen MR) is 78.8 cm³/mol. The second kappa shape index (κ2) is 6.04. The van der Waals surface area contributed by atoms with Crippen LogP contribution in [0.3, 0.4) is 0 Å². The molecular formula is C13H9FINO4. The molecule has 0 atom stereocenters. The average Bonchev–Trinajstić information content (AvgIpc) is 2.42. The van der Waals surface area contributed by atoms with Crippen LogP contribution in [0.2, 0.25) is 0 Å². The van der Waals surface area contributed by atoms with E-state index >= 15 is 0 Å². The van der Waals surface area contributed by atoms with Crippen LogP contribution in [0.4, 0.5) is 10.1 Å². The minimum atomic E-state index is -0.811. The first-order valence-corrected chi connectivity index (χ1v) is 6.54.